The highest BCUT2D eigenvalue weighted by Gasteiger charge is 2.33. The van der Waals surface area contributed by atoms with Crippen molar-refractivity contribution in [1.82, 2.24) is 9.80 Å². The number of anilines is 1. The second-order valence-corrected chi connectivity index (χ2v) is 7.20. The molecule has 7 nitrogen and oxygen atoms in total. The predicted molar refractivity (Wildman–Crippen MR) is 95.7 cm³/mol. The van der Waals surface area contributed by atoms with Crippen LogP contribution in [0.1, 0.15) is 38.1 Å². The van der Waals surface area contributed by atoms with Crippen LogP contribution in [-0.4, -0.2) is 60.2 Å². The molecule has 0 bridgehead atoms. The molecular formula is C18H27N3O4. The first-order valence-corrected chi connectivity index (χ1v) is 8.35. The van der Waals surface area contributed by atoms with E-state index < -0.39 is 5.60 Å². The van der Waals surface area contributed by atoms with Gasteiger partial charge in [-0.3, -0.25) is 4.79 Å². The van der Waals surface area contributed by atoms with Crippen LogP contribution in [0.25, 0.3) is 0 Å². The van der Waals surface area contributed by atoms with Gasteiger partial charge < -0.3 is 25.0 Å². The van der Waals surface area contributed by atoms with Crippen molar-refractivity contribution in [3.8, 4) is 5.75 Å². The Morgan fingerprint density at radius 1 is 1.24 bits per heavy atom. The largest absolute Gasteiger partial charge is 0.495 e. The van der Waals surface area contributed by atoms with Crippen LogP contribution < -0.4 is 10.5 Å². The Labute approximate surface area is 148 Å². The van der Waals surface area contributed by atoms with Crippen LogP contribution in [0.3, 0.4) is 0 Å². The predicted octanol–water partition coefficient (Wildman–Crippen LogP) is 2.36. The number of para-hydroxylation sites is 1. The third-order valence-electron chi connectivity index (χ3n) is 4.06. The van der Waals surface area contributed by atoms with Gasteiger partial charge in [0.25, 0.3) is 5.91 Å². The first kappa shape index (κ1) is 18.9. The Morgan fingerprint density at radius 3 is 2.48 bits per heavy atom. The van der Waals surface area contributed by atoms with Crippen molar-refractivity contribution in [3.63, 3.8) is 0 Å². The van der Waals surface area contributed by atoms with E-state index in [0.29, 0.717) is 36.6 Å². The highest BCUT2D eigenvalue weighted by Crippen LogP contribution is 2.26. The lowest BCUT2D eigenvalue weighted by Gasteiger charge is -2.40. The Kier molecular flexibility index (Phi) is 5.45. The molecule has 1 aromatic carbocycles. The van der Waals surface area contributed by atoms with Crippen molar-refractivity contribution in [2.45, 2.75) is 39.3 Å². The monoisotopic (exact) mass is 349 g/mol. The third-order valence-corrected chi connectivity index (χ3v) is 4.06. The number of carbonyl (C=O) groups excluding carboxylic acids is 2. The van der Waals surface area contributed by atoms with E-state index in [9.17, 15) is 9.59 Å². The van der Waals surface area contributed by atoms with Gasteiger partial charge in [-0.2, -0.15) is 0 Å². The first-order valence-electron chi connectivity index (χ1n) is 8.35. The molecule has 1 aliphatic rings. The first-order chi connectivity index (χ1) is 11.6. The SMILES string of the molecule is COc1cccc(C(=O)N2CCN(C(=O)OC(C)(C)C)[C@@H](C)C2)c1N. The second kappa shape index (κ2) is 7.21. The van der Waals surface area contributed by atoms with Crippen molar-refractivity contribution >= 4 is 17.7 Å². The van der Waals surface area contributed by atoms with Gasteiger partial charge in [-0.1, -0.05) is 6.07 Å². The summed E-state index contributed by atoms with van der Waals surface area (Å²) in [5, 5.41) is 0. The number of ether oxygens (including phenoxy) is 2. The summed E-state index contributed by atoms with van der Waals surface area (Å²) in [5.41, 5.74) is 6.23. The van der Waals surface area contributed by atoms with E-state index in [1.54, 1.807) is 28.0 Å². The number of nitrogens with two attached hydrogens (primary N) is 1. The van der Waals surface area contributed by atoms with E-state index in [1.165, 1.54) is 7.11 Å². The lowest BCUT2D eigenvalue weighted by Crippen LogP contribution is -2.56. The number of methoxy groups -OCH3 is 1. The van der Waals surface area contributed by atoms with Gasteiger partial charge in [-0.25, -0.2) is 4.79 Å². The summed E-state index contributed by atoms with van der Waals surface area (Å²) in [4.78, 5) is 28.4. The van der Waals surface area contributed by atoms with Gasteiger partial charge in [0, 0.05) is 25.7 Å². The summed E-state index contributed by atoms with van der Waals surface area (Å²) in [6, 6.07) is 5.00. The number of hydrogen-bond acceptors (Lipinski definition) is 5. The van der Waals surface area contributed by atoms with Gasteiger partial charge in [0.15, 0.2) is 0 Å². The van der Waals surface area contributed by atoms with Gasteiger partial charge in [0.05, 0.1) is 18.4 Å². The Hall–Kier alpha value is -2.44. The maximum atomic E-state index is 12.8. The van der Waals surface area contributed by atoms with E-state index in [-0.39, 0.29) is 18.0 Å². The molecule has 1 heterocycles. The van der Waals surface area contributed by atoms with Crippen LogP contribution in [0.5, 0.6) is 5.75 Å². The maximum absolute atomic E-state index is 12.8. The average molecular weight is 349 g/mol. The van der Waals surface area contributed by atoms with Gasteiger partial charge in [0.2, 0.25) is 0 Å². The molecule has 7 heteroatoms. The molecule has 1 saturated heterocycles. The fraction of sp³-hybridized carbons (Fsp3) is 0.556. The van der Waals surface area contributed by atoms with Crippen molar-refractivity contribution in [2.24, 2.45) is 0 Å². The summed E-state index contributed by atoms with van der Waals surface area (Å²) >= 11 is 0. The van der Waals surface area contributed by atoms with E-state index in [1.807, 2.05) is 27.7 Å². The summed E-state index contributed by atoms with van der Waals surface area (Å²) in [5.74, 6) is 0.318. The number of hydrogen-bond donors (Lipinski definition) is 1. The van der Waals surface area contributed by atoms with Gasteiger partial charge in [-0.15, -0.1) is 0 Å². The molecule has 2 amide bonds. The highest BCUT2D eigenvalue weighted by molar-refractivity contribution is 6.00. The summed E-state index contributed by atoms with van der Waals surface area (Å²) in [6.45, 7) is 8.68. The Balaban J connectivity index is 2.08. The lowest BCUT2D eigenvalue weighted by molar-refractivity contribution is 0.00199. The molecule has 0 spiro atoms. The zero-order chi connectivity index (χ0) is 18.8. The quantitative estimate of drug-likeness (QED) is 0.829. The van der Waals surface area contributed by atoms with Gasteiger partial charge >= 0.3 is 6.09 Å². The average Bonchev–Trinajstić information content (AvgIpc) is 2.52. The number of amides is 2. The Morgan fingerprint density at radius 2 is 1.92 bits per heavy atom. The number of rotatable bonds is 2. The molecule has 1 atom stereocenters. The van der Waals surface area contributed by atoms with Crippen LogP contribution in [0.4, 0.5) is 10.5 Å². The topological polar surface area (TPSA) is 85.1 Å². The minimum atomic E-state index is -0.543. The molecule has 2 rings (SSSR count). The molecular weight excluding hydrogens is 322 g/mol. The van der Waals surface area contributed by atoms with Crippen molar-refractivity contribution in [2.75, 3.05) is 32.5 Å². The molecule has 1 aliphatic heterocycles. The number of piperazine rings is 1. The second-order valence-electron chi connectivity index (χ2n) is 7.20. The van der Waals surface area contributed by atoms with Crippen LogP contribution >= 0.6 is 0 Å². The van der Waals surface area contributed by atoms with E-state index >= 15 is 0 Å². The zero-order valence-corrected chi connectivity index (χ0v) is 15.5. The molecule has 0 aliphatic carbocycles. The Bertz CT molecular complexity index is 654. The molecule has 2 N–H and O–H groups in total. The molecule has 0 radical (unpaired) electrons. The number of carbonyl (C=O) groups is 2. The lowest BCUT2D eigenvalue weighted by atomic mass is 10.1. The molecule has 0 unspecified atom stereocenters. The van der Waals surface area contributed by atoms with Crippen molar-refractivity contribution < 1.29 is 19.1 Å². The molecule has 1 aromatic rings. The standard InChI is InChI=1S/C18H27N3O4/c1-12-11-20(9-10-21(12)17(23)25-18(2,3)4)16(22)13-7-6-8-14(24-5)15(13)19/h6-8,12H,9-11,19H2,1-5H3/t12-/m0/s1. The van der Waals surface area contributed by atoms with Crippen LogP contribution in [-0.2, 0) is 4.74 Å². The summed E-state index contributed by atoms with van der Waals surface area (Å²) in [7, 11) is 1.52. The van der Waals surface area contributed by atoms with Gasteiger partial charge in [0.1, 0.15) is 11.4 Å². The fourth-order valence-corrected chi connectivity index (χ4v) is 2.81. The normalized spacial score (nSPS) is 18.0. The third kappa shape index (κ3) is 4.35. The van der Waals surface area contributed by atoms with Gasteiger partial charge in [-0.05, 0) is 39.8 Å². The number of benzene rings is 1. The zero-order valence-electron chi connectivity index (χ0n) is 15.5. The highest BCUT2D eigenvalue weighted by atomic mass is 16.6. The van der Waals surface area contributed by atoms with E-state index in [0.717, 1.165) is 0 Å². The number of nitrogen functional groups attached to an aromatic ring is 1. The molecule has 0 saturated carbocycles. The van der Waals surface area contributed by atoms with Crippen LogP contribution in [0.2, 0.25) is 0 Å². The number of nitrogens with zero attached hydrogens (tertiary/aromatic N) is 2. The summed E-state index contributed by atoms with van der Waals surface area (Å²) in [6.07, 6.45) is -0.354. The van der Waals surface area contributed by atoms with E-state index in [4.69, 9.17) is 15.2 Å². The van der Waals surface area contributed by atoms with Crippen LogP contribution in [0, 0.1) is 0 Å². The molecule has 0 aromatic heterocycles. The smallest absolute Gasteiger partial charge is 0.410 e. The van der Waals surface area contributed by atoms with E-state index in [2.05, 4.69) is 0 Å². The minimum absolute atomic E-state index is 0.139. The summed E-state index contributed by atoms with van der Waals surface area (Å²) < 4.78 is 10.6. The minimum Gasteiger partial charge on any atom is -0.495 e. The molecule has 25 heavy (non-hydrogen) atoms. The van der Waals surface area contributed by atoms with Crippen LogP contribution in [0.15, 0.2) is 18.2 Å². The molecule has 138 valence electrons. The fourth-order valence-electron chi connectivity index (χ4n) is 2.81. The van der Waals surface area contributed by atoms with Crippen molar-refractivity contribution in [1.29, 1.82) is 0 Å². The maximum Gasteiger partial charge on any atom is 0.410 e. The molecule has 1 fully saturated rings. The van der Waals surface area contributed by atoms with Crippen molar-refractivity contribution in [3.05, 3.63) is 23.8 Å².